The van der Waals surface area contributed by atoms with Crippen LogP contribution in [0.4, 0.5) is 5.69 Å². The largest absolute Gasteiger partial charge is 0.324 e. The van der Waals surface area contributed by atoms with E-state index in [0.717, 1.165) is 30.6 Å². The molecule has 2 atom stereocenters. The summed E-state index contributed by atoms with van der Waals surface area (Å²) in [5, 5.41) is 14.4. The molecular weight excluding hydrogens is 328 g/mol. The van der Waals surface area contributed by atoms with E-state index in [9.17, 15) is 4.79 Å². The highest BCUT2D eigenvalue weighted by Crippen LogP contribution is 2.61. The Hall–Kier alpha value is -1.99. The quantitative estimate of drug-likeness (QED) is 0.914. The van der Waals surface area contributed by atoms with Gasteiger partial charge in [-0.3, -0.25) is 9.69 Å². The fourth-order valence-corrected chi connectivity index (χ4v) is 3.93. The topological polar surface area (TPSA) is 75.9 Å². The second-order valence-corrected chi connectivity index (χ2v) is 7.60. The molecule has 24 heavy (non-hydrogen) atoms. The van der Waals surface area contributed by atoms with Crippen LogP contribution in [0.25, 0.3) is 5.69 Å². The van der Waals surface area contributed by atoms with Crippen molar-refractivity contribution in [2.24, 2.45) is 17.3 Å². The van der Waals surface area contributed by atoms with Gasteiger partial charge in [-0.05, 0) is 45.9 Å². The number of likely N-dealkylation sites (tertiary alicyclic amines) is 1. The Bertz CT molecular complexity index is 761. The zero-order chi connectivity index (χ0) is 16.9. The molecule has 8 heteroatoms. The molecule has 0 spiro atoms. The lowest BCUT2D eigenvalue weighted by Gasteiger charge is -2.21. The molecule has 126 valence electrons. The number of halogens is 1. The molecule has 4 rings (SSSR count). The number of rotatable bonds is 4. The minimum absolute atomic E-state index is 0.0510. The van der Waals surface area contributed by atoms with Crippen LogP contribution in [-0.4, -0.2) is 50.6 Å². The van der Waals surface area contributed by atoms with Crippen LogP contribution in [0.2, 0.25) is 5.02 Å². The number of hydrogen-bond acceptors (Lipinski definition) is 5. The molecule has 2 aromatic rings. The third-order valence-corrected chi connectivity index (χ3v) is 5.73. The summed E-state index contributed by atoms with van der Waals surface area (Å²) in [4.78, 5) is 14.6. The molecule has 0 radical (unpaired) electrons. The highest BCUT2D eigenvalue weighted by molar-refractivity contribution is 6.33. The number of tetrazole rings is 1. The normalized spacial score (nSPS) is 24.6. The number of piperidine rings is 1. The Morgan fingerprint density at radius 1 is 1.38 bits per heavy atom. The van der Waals surface area contributed by atoms with Gasteiger partial charge in [-0.15, -0.1) is 5.10 Å². The fourth-order valence-electron chi connectivity index (χ4n) is 3.77. The predicted molar refractivity (Wildman–Crippen MR) is 90.0 cm³/mol. The molecular formula is C16H19ClN6O. The van der Waals surface area contributed by atoms with Gasteiger partial charge >= 0.3 is 0 Å². The number of nitrogens with zero attached hydrogens (tertiary/aromatic N) is 5. The molecule has 1 saturated heterocycles. The molecule has 1 aliphatic carbocycles. The number of fused-ring (bicyclic) bond motifs is 1. The second-order valence-electron chi connectivity index (χ2n) is 7.20. The van der Waals surface area contributed by atoms with Gasteiger partial charge in [0.2, 0.25) is 5.91 Å². The lowest BCUT2D eigenvalue weighted by Crippen LogP contribution is -2.34. The van der Waals surface area contributed by atoms with Crippen LogP contribution in [0, 0.1) is 17.3 Å². The first-order valence-electron chi connectivity index (χ1n) is 8.00. The van der Waals surface area contributed by atoms with Gasteiger partial charge in [0.05, 0.1) is 22.9 Å². The summed E-state index contributed by atoms with van der Waals surface area (Å²) in [6, 6.07) is 5.29. The van der Waals surface area contributed by atoms with Crippen LogP contribution in [0.1, 0.15) is 13.8 Å². The van der Waals surface area contributed by atoms with E-state index in [1.807, 2.05) is 0 Å². The van der Waals surface area contributed by atoms with Gasteiger partial charge in [0.15, 0.2) is 0 Å². The standard InChI is InChI=1S/C16H19ClN6O/c1-16(2)11-6-22(7-12(11)16)8-15(24)19-14-5-10(3-4-13(14)17)23-9-18-20-21-23/h3-5,9,11-12H,6-8H2,1-2H3,(H,19,24)/t11-,12+. The van der Waals surface area contributed by atoms with Crippen molar-refractivity contribution in [3.8, 4) is 5.69 Å². The van der Waals surface area contributed by atoms with Crippen molar-refractivity contribution in [1.82, 2.24) is 25.1 Å². The van der Waals surface area contributed by atoms with Crippen molar-refractivity contribution in [1.29, 1.82) is 0 Å². The van der Waals surface area contributed by atoms with E-state index in [1.165, 1.54) is 11.0 Å². The van der Waals surface area contributed by atoms with Crippen LogP contribution < -0.4 is 5.32 Å². The summed E-state index contributed by atoms with van der Waals surface area (Å²) in [6.45, 7) is 7.02. The molecule has 1 aromatic heterocycles. The maximum absolute atomic E-state index is 12.3. The van der Waals surface area contributed by atoms with Crippen molar-refractivity contribution in [2.45, 2.75) is 13.8 Å². The smallest absolute Gasteiger partial charge is 0.238 e. The van der Waals surface area contributed by atoms with Gasteiger partial charge in [-0.1, -0.05) is 25.4 Å². The third-order valence-electron chi connectivity index (χ3n) is 5.40. The number of amides is 1. The predicted octanol–water partition coefficient (Wildman–Crippen LogP) is 1.84. The Morgan fingerprint density at radius 3 is 2.79 bits per heavy atom. The van der Waals surface area contributed by atoms with Gasteiger partial charge in [0.1, 0.15) is 6.33 Å². The molecule has 1 aromatic carbocycles. The summed E-state index contributed by atoms with van der Waals surface area (Å²) in [5.74, 6) is 1.42. The molecule has 0 bridgehead atoms. The van der Waals surface area contributed by atoms with E-state index in [2.05, 4.69) is 39.6 Å². The molecule has 1 aliphatic heterocycles. The third kappa shape index (κ3) is 2.67. The van der Waals surface area contributed by atoms with Crippen molar-refractivity contribution < 1.29 is 4.79 Å². The molecule has 1 N–H and O–H groups in total. The summed E-state index contributed by atoms with van der Waals surface area (Å²) in [5.41, 5.74) is 1.76. The summed E-state index contributed by atoms with van der Waals surface area (Å²) >= 11 is 6.20. The first-order valence-corrected chi connectivity index (χ1v) is 8.38. The van der Waals surface area contributed by atoms with E-state index >= 15 is 0 Å². The Labute approximate surface area is 145 Å². The lowest BCUT2D eigenvalue weighted by atomic mass is 10.1. The minimum Gasteiger partial charge on any atom is -0.324 e. The highest BCUT2D eigenvalue weighted by Gasteiger charge is 2.61. The van der Waals surface area contributed by atoms with Crippen molar-refractivity contribution in [3.05, 3.63) is 29.5 Å². The zero-order valence-electron chi connectivity index (χ0n) is 13.6. The lowest BCUT2D eigenvalue weighted by molar-refractivity contribution is -0.117. The molecule has 2 heterocycles. The fraction of sp³-hybridized carbons (Fsp3) is 0.500. The van der Waals surface area contributed by atoms with Crippen molar-refractivity contribution >= 4 is 23.2 Å². The van der Waals surface area contributed by atoms with Crippen LogP contribution in [0.3, 0.4) is 0 Å². The average molecular weight is 347 g/mol. The number of hydrogen-bond donors (Lipinski definition) is 1. The number of carbonyl (C=O) groups is 1. The van der Waals surface area contributed by atoms with Crippen molar-refractivity contribution in [2.75, 3.05) is 25.0 Å². The Morgan fingerprint density at radius 2 is 2.12 bits per heavy atom. The molecule has 2 fully saturated rings. The minimum atomic E-state index is -0.0510. The molecule has 0 unspecified atom stereocenters. The van der Waals surface area contributed by atoms with E-state index in [4.69, 9.17) is 11.6 Å². The number of nitrogens with one attached hydrogen (secondary N) is 1. The van der Waals surface area contributed by atoms with Crippen LogP contribution in [0.5, 0.6) is 0 Å². The van der Waals surface area contributed by atoms with Crippen LogP contribution in [-0.2, 0) is 4.79 Å². The molecule has 2 aliphatic rings. The summed E-state index contributed by atoms with van der Waals surface area (Å²) in [6.07, 6.45) is 1.49. The molecule has 1 amide bonds. The number of carbonyl (C=O) groups excluding carboxylic acids is 1. The monoisotopic (exact) mass is 346 g/mol. The van der Waals surface area contributed by atoms with Gasteiger partial charge in [0, 0.05) is 13.1 Å². The Kier molecular flexibility index (Phi) is 3.58. The summed E-state index contributed by atoms with van der Waals surface area (Å²) in [7, 11) is 0. The number of benzene rings is 1. The van der Waals surface area contributed by atoms with Crippen molar-refractivity contribution in [3.63, 3.8) is 0 Å². The van der Waals surface area contributed by atoms with Gasteiger partial charge in [0.25, 0.3) is 0 Å². The number of anilines is 1. The van der Waals surface area contributed by atoms with E-state index in [0.29, 0.717) is 22.7 Å². The molecule has 7 nitrogen and oxygen atoms in total. The first-order chi connectivity index (χ1) is 11.4. The van der Waals surface area contributed by atoms with E-state index < -0.39 is 0 Å². The van der Waals surface area contributed by atoms with Crippen LogP contribution in [0.15, 0.2) is 24.5 Å². The maximum Gasteiger partial charge on any atom is 0.238 e. The second kappa shape index (κ2) is 5.53. The SMILES string of the molecule is CC1(C)[C@@H]2CN(CC(=O)Nc3cc(-n4cnnn4)ccc3Cl)C[C@@H]21. The maximum atomic E-state index is 12.3. The van der Waals surface area contributed by atoms with Gasteiger partial charge < -0.3 is 5.32 Å². The van der Waals surface area contributed by atoms with E-state index in [1.54, 1.807) is 18.2 Å². The average Bonchev–Trinajstić information content (AvgIpc) is 3.03. The van der Waals surface area contributed by atoms with Gasteiger partial charge in [-0.25, -0.2) is 4.68 Å². The Balaban J connectivity index is 1.40. The number of aromatic nitrogens is 4. The zero-order valence-corrected chi connectivity index (χ0v) is 14.4. The first kappa shape index (κ1) is 15.5. The molecule has 1 saturated carbocycles. The van der Waals surface area contributed by atoms with Gasteiger partial charge in [-0.2, -0.15) is 0 Å². The van der Waals surface area contributed by atoms with E-state index in [-0.39, 0.29) is 5.91 Å². The van der Waals surface area contributed by atoms with Crippen LogP contribution >= 0.6 is 11.6 Å². The highest BCUT2D eigenvalue weighted by atomic mass is 35.5. The summed E-state index contributed by atoms with van der Waals surface area (Å²) < 4.78 is 1.52.